The third kappa shape index (κ3) is 5.37. The maximum absolute atomic E-state index is 9.48. The Bertz CT molecular complexity index is 386. The Kier molecular flexibility index (Phi) is 7.16. The number of hydrogen-bond acceptors (Lipinski definition) is 4. The van der Waals surface area contributed by atoms with Crippen molar-refractivity contribution in [1.29, 1.82) is 0 Å². The SMILES string of the molecule is COCCNCc1c(Cl)cccc1N(C)CC(C)O. The number of aliphatic hydroxyl groups excluding tert-OH is 1. The number of halogens is 1. The number of methoxy groups -OCH3 is 1. The number of nitrogens with zero attached hydrogens (tertiary/aromatic N) is 1. The lowest BCUT2D eigenvalue weighted by Crippen LogP contribution is -2.29. The van der Waals surface area contributed by atoms with Crippen molar-refractivity contribution in [3.8, 4) is 0 Å². The van der Waals surface area contributed by atoms with E-state index < -0.39 is 0 Å². The lowest BCUT2D eigenvalue weighted by atomic mass is 10.1. The summed E-state index contributed by atoms with van der Waals surface area (Å²) in [7, 11) is 3.63. The molecule has 0 radical (unpaired) electrons. The van der Waals surface area contributed by atoms with Crippen LogP contribution in [0.3, 0.4) is 0 Å². The molecule has 0 saturated carbocycles. The molecule has 1 rings (SSSR count). The Morgan fingerprint density at radius 3 is 2.84 bits per heavy atom. The van der Waals surface area contributed by atoms with E-state index in [0.717, 1.165) is 22.8 Å². The Hall–Kier alpha value is -0.810. The van der Waals surface area contributed by atoms with Crippen molar-refractivity contribution in [3.63, 3.8) is 0 Å². The van der Waals surface area contributed by atoms with Crippen LogP contribution in [0.25, 0.3) is 0 Å². The van der Waals surface area contributed by atoms with E-state index >= 15 is 0 Å². The maximum Gasteiger partial charge on any atom is 0.0686 e. The number of rotatable bonds is 8. The fourth-order valence-electron chi connectivity index (χ4n) is 1.96. The van der Waals surface area contributed by atoms with E-state index in [2.05, 4.69) is 5.32 Å². The third-order valence-electron chi connectivity index (χ3n) is 2.83. The summed E-state index contributed by atoms with van der Waals surface area (Å²) in [5.41, 5.74) is 2.08. The van der Waals surface area contributed by atoms with Crippen LogP contribution in [0.1, 0.15) is 12.5 Å². The first-order valence-electron chi connectivity index (χ1n) is 6.42. The van der Waals surface area contributed by atoms with Gasteiger partial charge in [0.2, 0.25) is 0 Å². The minimum absolute atomic E-state index is 0.377. The molecule has 0 aromatic heterocycles. The number of ether oxygens (including phenoxy) is 1. The molecule has 0 amide bonds. The number of aliphatic hydroxyl groups is 1. The van der Waals surface area contributed by atoms with Crippen molar-refractivity contribution in [3.05, 3.63) is 28.8 Å². The number of nitrogens with one attached hydrogen (secondary N) is 1. The Balaban J connectivity index is 2.76. The summed E-state index contributed by atoms with van der Waals surface area (Å²) in [6, 6.07) is 5.82. The van der Waals surface area contributed by atoms with Crippen LogP contribution in [0.5, 0.6) is 0 Å². The van der Waals surface area contributed by atoms with Gasteiger partial charge in [-0.15, -0.1) is 0 Å². The monoisotopic (exact) mass is 286 g/mol. The summed E-state index contributed by atoms with van der Waals surface area (Å²) in [5, 5.41) is 13.5. The maximum atomic E-state index is 9.48. The zero-order chi connectivity index (χ0) is 14.3. The van der Waals surface area contributed by atoms with Gasteiger partial charge in [0.1, 0.15) is 0 Å². The molecule has 2 N–H and O–H groups in total. The van der Waals surface area contributed by atoms with E-state index in [4.69, 9.17) is 16.3 Å². The molecule has 0 aliphatic heterocycles. The summed E-state index contributed by atoms with van der Waals surface area (Å²) >= 11 is 6.26. The Morgan fingerprint density at radius 2 is 2.21 bits per heavy atom. The van der Waals surface area contributed by atoms with Crippen LogP contribution in [0.4, 0.5) is 5.69 Å². The minimum Gasteiger partial charge on any atom is -0.392 e. The number of hydrogen-bond donors (Lipinski definition) is 2. The lowest BCUT2D eigenvalue weighted by molar-refractivity contribution is 0.199. The molecule has 1 aromatic carbocycles. The minimum atomic E-state index is -0.377. The predicted molar refractivity (Wildman–Crippen MR) is 80.0 cm³/mol. The Morgan fingerprint density at radius 1 is 1.47 bits per heavy atom. The lowest BCUT2D eigenvalue weighted by Gasteiger charge is -2.24. The number of anilines is 1. The van der Waals surface area contributed by atoms with Gasteiger partial charge in [-0.2, -0.15) is 0 Å². The zero-order valence-corrected chi connectivity index (χ0v) is 12.6. The molecular formula is C14H23ClN2O2. The van der Waals surface area contributed by atoms with Crippen molar-refractivity contribution in [2.45, 2.75) is 19.6 Å². The van der Waals surface area contributed by atoms with Crippen molar-refractivity contribution in [2.24, 2.45) is 0 Å². The summed E-state index contributed by atoms with van der Waals surface area (Å²) in [6.45, 7) is 4.48. The van der Waals surface area contributed by atoms with E-state index in [1.165, 1.54) is 0 Å². The average Bonchev–Trinajstić information content (AvgIpc) is 2.35. The fraction of sp³-hybridized carbons (Fsp3) is 0.571. The summed E-state index contributed by atoms with van der Waals surface area (Å²) in [5.74, 6) is 0. The first-order chi connectivity index (χ1) is 9.06. The molecule has 108 valence electrons. The molecule has 0 fully saturated rings. The van der Waals surface area contributed by atoms with Gasteiger partial charge in [-0.1, -0.05) is 17.7 Å². The fourth-order valence-corrected chi connectivity index (χ4v) is 2.20. The summed E-state index contributed by atoms with van der Waals surface area (Å²) in [4.78, 5) is 2.02. The molecule has 0 bridgehead atoms. The second-order valence-electron chi connectivity index (χ2n) is 4.64. The van der Waals surface area contributed by atoms with Gasteiger partial charge >= 0.3 is 0 Å². The molecule has 0 saturated heterocycles. The molecule has 0 heterocycles. The van der Waals surface area contributed by atoms with Gasteiger partial charge < -0.3 is 20.1 Å². The average molecular weight is 287 g/mol. The van der Waals surface area contributed by atoms with Crippen LogP contribution in [-0.4, -0.2) is 45.1 Å². The molecule has 1 aromatic rings. The molecule has 19 heavy (non-hydrogen) atoms. The van der Waals surface area contributed by atoms with Gasteiger partial charge in [0.25, 0.3) is 0 Å². The first-order valence-corrected chi connectivity index (χ1v) is 6.80. The number of benzene rings is 1. The normalized spacial score (nSPS) is 12.5. The highest BCUT2D eigenvalue weighted by atomic mass is 35.5. The topological polar surface area (TPSA) is 44.7 Å². The van der Waals surface area contributed by atoms with E-state index in [-0.39, 0.29) is 6.10 Å². The van der Waals surface area contributed by atoms with E-state index in [1.807, 2.05) is 30.1 Å². The molecule has 1 unspecified atom stereocenters. The zero-order valence-electron chi connectivity index (χ0n) is 11.8. The van der Waals surface area contributed by atoms with Crippen molar-refractivity contribution in [2.75, 3.05) is 38.8 Å². The van der Waals surface area contributed by atoms with Gasteiger partial charge in [-0.05, 0) is 19.1 Å². The predicted octanol–water partition coefficient (Wildman–Crippen LogP) is 1.89. The van der Waals surface area contributed by atoms with E-state index in [1.54, 1.807) is 14.0 Å². The van der Waals surface area contributed by atoms with Gasteiger partial charge in [0, 0.05) is 50.1 Å². The molecule has 5 heteroatoms. The number of likely N-dealkylation sites (N-methyl/N-ethyl adjacent to an activating group) is 1. The highest BCUT2D eigenvalue weighted by Gasteiger charge is 2.12. The summed E-state index contributed by atoms with van der Waals surface area (Å²) < 4.78 is 5.00. The van der Waals surface area contributed by atoms with Crippen molar-refractivity contribution < 1.29 is 9.84 Å². The van der Waals surface area contributed by atoms with Crippen LogP contribution < -0.4 is 10.2 Å². The highest BCUT2D eigenvalue weighted by molar-refractivity contribution is 6.31. The van der Waals surface area contributed by atoms with Crippen LogP contribution in [0.2, 0.25) is 5.02 Å². The first kappa shape index (κ1) is 16.2. The second-order valence-corrected chi connectivity index (χ2v) is 5.04. The van der Waals surface area contributed by atoms with Gasteiger partial charge in [-0.3, -0.25) is 0 Å². The third-order valence-corrected chi connectivity index (χ3v) is 3.18. The molecule has 0 spiro atoms. The standard InChI is InChI=1S/C14H23ClN2O2/c1-11(18)10-17(2)14-6-4-5-13(15)12(14)9-16-7-8-19-3/h4-6,11,16,18H,7-10H2,1-3H3. The smallest absolute Gasteiger partial charge is 0.0686 e. The molecule has 0 aliphatic rings. The largest absolute Gasteiger partial charge is 0.392 e. The second kappa shape index (κ2) is 8.38. The van der Waals surface area contributed by atoms with Gasteiger partial charge in [0.05, 0.1) is 12.7 Å². The van der Waals surface area contributed by atoms with Crippen molar-refractivity contribution in [1.82, 2.24) is 5.32 Å². The Labute approximate surface area is 120 Å². The quantitative estimate of drug-likeness (QED) is 0.717. The van der Waals surface area contributed by atoms with E-state index in [9.17, 15) is 5.11 Å². The van der Waals surface area contributed by atoms with Crippen LogP contribution >= 0.6 is 11.6 Å². The van der Waals surface area contributed by atoms with E-state index in [0.29, 0.717) is 19.7 Å². The summed E-state index contributed by atoms with van der Waals surface area (Å²) in [6.07, 6.45) is -0.377. The van der Waals surface area contributed by atoms with Crippen LogP contribution in [-0.2, 0) is 11.3 Å². The van der Waals surface area contributed by atoms with Crippen molar-refractivity contribution >= 4 is 17.3 Å². The van der Waals surface area contributed by atoms with Crippen LogP contribution in [0.15, 0.2) is 18.2 Å². The molecule has 0 aliphatic carbocycles. The molecule has 1 atom stereocenters. The van der Waals surface area contributed by atoms with Gasteiger partial charge in [0.15, 0.2) is 0 Å². The molecular weight excluding hydrogens is 264 g/mol. The van der Waals surface area contributed by atoms with Gasteiger partial charge in [-0.25, -0.2) is 0 Å². The van der Waals surface area contributed by atoms with Crippen LogP contribution in [0, 0.1) is 0 Å². The highest BCUT2D eigenvalue weighted by Crippen LogP contribution is 2.26. The molecule has 4 nitrogen and oxygen atoms in total.